The lowest BCUT2D eigenvalue weighted by Gasteiger charge is -2.03. The minimum absolute atomic E-state index is 0.152. The molecule has 1 aromatic carbocycles. The van der Waals surface area contributed by atoms with Crippen LogP contribution in [-0.2, 0) is 11.3 Å². The topological polar surface area (TPSA) is 114 Å². The fourth-order valence-electron chi connectivity index (χ4n) is 1.69. The van der Waals surface area contributed by atoms with Gasteiger partial charge in [0.1, 0.15) is 6.54 Å². The van der Waals surface area contributed by atoms with Crippen LogP contribution in [-0.4, -0.2) is 17.0 Å². The van der Waals surface area contributed by atoms with Gasteiger partial charge in [-0.1, -0.05) is 0 Å². The molecule has 0 atom stereocenters. The molecule has 0 radical (unpaired) electrons. The van der Waals surface area contributed by atoms with Gasteiger partial charge in [-0.05, 0) is 12.1 Å². The maximum atomic E-state index is 11.6. The maximum absolute atomic E-state index is 11.6. The number of carbonyl (C=O) groups is 1. The Labute approximate surface area is 108 Å². The summed E-state index contributed by atoms with van der Waals surface area (Å²) in [5.74, 6) is -0.965. The summed E-state index contributed by atoms with van der Waals surface area (Å²) < 4.78 is 6.22. The second-order valence-corrected chi connectivity index (χ2v) is 3.94. The summed E-state index contributed by atoms with van der Waals surface area (Å²) in [6.07, 6.45) is 0.226. The van der Waals surface area contributed by atoms with Crippen molar-refractivity contribution in [2.45, 2.75) is 13.0 Å². The SMILES string of the molecule is N#CCCNC(=O)Cn1c(=O)oc2cc(N)ccc21. The number of rotatable bonds is 4. The molecular weight excluding hydrogens is 248 g/mol. The average molecular weight is 260 g/mol. The summed E-state index contributed by atoms with van der Waals surface area (Å²) in [7, 11) is 0. The molecule has 2 rings (SSSR count). The van der Waals surface area contributed by atoms with Crippen LogP contribution >= 0.6 is 0 Å². The Morgan fingerprint density at radius 1 is 1.53 bits per heavy atom. The van der Waals surface area contributed by atoms with Gasteiger partial charge in [0, 0.05) is 18.3 Å². The van der Waals surface area contributed by atoms with E-state index in [2.05, 4.69) is 5.32 Å². The van der Waals surface area contributed by atoms with Crippen molar-refractivity contribution in [1.82, 2.24) is 9.88 Å². The van der Waals surface area contributed by atoms with Crippen molar-refractivity contribution in [2.75, 3.05) is 12.3 Å². The third kappa shape index (κ3) is 2.74. The van der Waals surface area contributed by atoms with E-state index in [1.807, 2.05) is 6.07 Å². The quantitative estimate of drug-likeness (QED) is 0.602. The molecule has 2 aromatic rings. The zero-order chi connectivity index (χ0) is 13.8. The zero-order valence-corrected chi connectivity index (χ0v) is 10.0. The van der Waals surface area contributed by atoms with Crippen molar-refractivity contribution < 1.29 is 9.21 Å². The molecule has 1 aromatic heterocycles. The molecule has 0 aliphatic heterocycles. The van der Waals surface area contributed by atoms with Gasteiger partial charge in [-0.25, -0.2) is 4.79 Å². The van der Waals surface area contributed by atoms with Crippen LogP contribution in [0.4, 0.5) is 5.69 Å². The Bertz CT molecular complexity index is 708. The Hall–Kier alpha value is -2.75. The van der Waals surface area contributed by atoms with E-state index in [9.17, 15) is 9.59 Å². The molecule has 0 saturated heterocycles. The smallest absolute Gasteiger partial charge is 0.408 e. The molecule has 7 nitrogen and oxygen atoms in total. The van der Waals surface area contributed by atoms with Gasteiger partial charge in [0.25, 0.3) is 0 Å². The maximum Gasteiger partial charge on any atom is 0.420 e. The number of aromatic nitrogens is 1. The predicted octanol–water partition coefficient (Wildman–Crippen LogP) is 0.207. The van der Waals surface area contributed by atoms with Crippen LogP contribution in [0, 0.1) is 11.3 Å². The molecule has 1 amide bonds. The molecule has 1 heterocycles. The van der Waals surface area contributed by atoms with Crippen molar-refractivity contribution in [3.05, 3.63) is 28.7 Å². The fraction of sp³-hybridized carbons (Fsp3) is 0.250. The Kier molecular flexibility index (Phi) is 3.52. The summed E-state index contributed by atoms with van der Waals surface area (Å²) in [6.45, 7) is 0.105. The van der Waals surface area contributed by atoms with Gasteiger partial charge < -0.3 is 15.5 Å². The molecule has 0 unspecified atom stereocenters. The summed E-state index contributed by atoms with van der Waals surface area (Å²) in [6, 6.07) is 6.69. The number of benzene rings is 1. The van der Waals surface area contributed by atoms with Gasteiger partial charge in [-0.2, -0.15) is 5.26 Å². The second kappa shape index (κ2) is 5.27. The number of nitrogens with one attached hydrogen (secondary N) is 1. The number of fused-ring (bicyclic) bond motifs is 1. The average Bonchev–Trinajstić information content (AvgIpc) is 2.65. The first-order chi connectivity index (χ1) is 9.11. The lowest BCUT2D eigenvalue weighted by Crippen LogP contribution is -2.31. The first-order valence-electron chi connectivity index (χ1n) is 5.64. The third-order valence-electron chi connectivity index (χ3n) is 2.55. The van der Waals surface area contributed by atoms with Crippen LogP contribution < -0.4 is 16.8 Å². The minimum atomic E-state index is -0.615. The largest absolute Gasteiger partial charge is 0.420 e. The minimum Gasteiger partial charge on any atom is -0.408 e. The normalized spacial score (nSPS) is 10.3. The zero-order valence-electron chi connectivity index (χ0n) is 10.0. The number of carbonyl (C=O) groups excluding carboxylic acids is 1. The Morgan fingerprint density at radius 2 is 2.32 bits per heavy atom. The number of hydrogen-bond acceptors (Lipinski definition) is 5. The van der Waals surface area contributed by atoms with Gasteiger partial charge in [0.05, 0.1) is 18.0 Å². The lowest BCUT2D eigenvalue weighted by molar-refractivity contribution is -0.121. The van der Waals surface area contributed by atoms with Crippen molar-refractivity contribution in [1.29, 1.82) is 5.26 Å². The number of anilines is 1. The van der Waals surface area contributed by atoms with Gasteiger partial charge in [-0.3, -0.25) is 9.36 Å². The van der Waals surface area contributed by atoms with E-state index in [1.165, 1.54) is 10.6 Å². The number of hydrogen-bond donors (Lipinski definition) is 2. The molecule has 0 spiro atoms. The van der Waals surface area contributed by atoms with E-state index in [4.69, 9.17) is 15.4 Å². The van der Waals surface area contributed by atoms with Gasteiger partial charge in [0.2, 0.25) is 5.91 Å². The summed E-state index contributed by atoms with van der Waals surface area (Å²) in [4.78, 5) is 23.2. The molecule has 0 bridgehead atoms. The molecule has 98 valence electrons. The van der Waals surface area contributed by atoms with Crippen LogP contribution in [0.15, 0.2) is 27.4 Å². The van der Waals surface area contributed by atoms with Crippen molar-refractivity contribution in [3.8, 4) is 6.07 Å². The highest BCUT2D eigenvalue weighted by atomic mass is 16.4. The molecule has 0 aliphatic rings. The Morgan fingerprint density at radius 3 is 3.05 bits per heavy atom. The number of oxazole rings is 1. The fourth-order valence-corrected chi connectivity index (χ4v) is 1.69. The first kappa shape index (κ1) is 12.7. The van der Waals surface area contributed by atoms with E-state index in [-0.39, 0.29) is 25.4 Å². The molecule has 0 aliphatic carbocycles. The molecule has 3 N–H and O–H groups in total. The first-order valence-corrected chi connectivity index (χ1v) is 5.64. The molecule has 0 saturated carbocycles. The monoisotopic (exact) mass is 260 g/mol. The molecule has 7 heteroatoms. The third-order valence-corrected chi connectivity index (χ3v) is 2.55. The van der Waals surface area contributed by atoms with Crippen LogP contribution in [0.3, 0.4) is 0 Å². The van der Waals surface area contributed by atoms with E-state index in [1.54, 1.807) is 12.1 Å². The standard InChI is InChI=1S/C12H12N4O3/c13-4-1-5-15-11(17)7-16-9-3-2-8(14)6-10(9)19-12(16)18/h2-3,6H,1,5,7,14H2,(H,15,17). The lowest BCUT2D eigenvalue weighted by atomic mass is 10.3. The number of nitrogen functional groups attached to an aromatic ring is 1. The van der Waals surface area contributed by atoms with Crippen LogP contribution in [0.1, 0.15) is 6.42 Å². The van der Waals surface area contributed by atoms with Crippen LogP contribution in [0.25, 0.3) is 11.1 Å². The highest BCUT2D eigenvalue weighted by Gasteiger charge is 2.12. The van der Waals surface area contributed by atoms with Crippen molar-refractivity contribution in [2.24, 2.45) is 0 Å². The van der Waals surface area contributed by atoms with Gasteiger partial charge in [0.15, 0.2) is 5.58 Å². The van der Waals surface area contributed by atoms with E-state index in [0.717, 1.165) is 0 Å². The predicted molar refractivity (Wildman–Crippen MR) is 68.1 cm³/mol. The highest BCUT2D eigenvalue weighted by Crippen LogP contribution is 2.15. The van der Waals surface area contributed by atoms with E-state index in [0.29, 0.717) is 16.8 Å². The second-order valence-electron chi connectivity index (χ2n) is 3.94. The summed E-state index contributed by atoms with van der Waals surface area (Å²) >= 11 is 0. The summed E-state index contributed by atoms with van der Waals surface area (Å²) in [5, 5.41) is 10.9. The summed E-state index contributed by atoms with van der Waals surface area (Å²) in [5.41, 5.74) is 6.91. The van der Waals surface area contributed by atoms with Crippen LogP contribution in [0.5, 0.6) is 0 Å². The Balaban J connectivity index is 2.21. The van der Waals surface area contributed by atoms with Gasteiger partial charge >= 0.3 is 5.76 Å². The molecular formula is C12H12N4O3. The van der Waals surface area contributed by atoms with E-state index < -0.39 is 5.76 Å². The highest BCUT2D eigenvalue weighted by molar-refractivity contribution is 5.81. The molecule has 0 fully saturated rings. The number of amides is 1. The van der Waals surface area contributed by atoms with Crippen molar-refractivity contribution >= 4 is 22.7 Å². The number of nitrogens with two attached hydrogens (primary N) is 1. The van der Waals surface area contributed by atoms with Crippen molar-refractivity contribution in [3.63, 3.8) is 0 Å². The number of nitrogens with zero attached hydrogens (tertiary/aromatic N) is 2. The molecule has 19 heavy (non-hydrogen) atoms. The number of nitriles is 1. The van der Waals surface area contributed by atoms with Crippen LogP contribution in [0.2, 0.25) is 0 Å². The van der Waals surface area contributed by atoms with E-state index >= 15 is 0 Å². The van der Waals surface area contributed by atoms with Gasteiger partial charge in [-0.15, -0.1) is 0 Å².